The van der Waals surface area contributed by atoms with Crippen molar-refractivity contribution in [3.05, 3.63) is 162 Å². The number of pyridine rings is 4. The zero-order chi connectivity index (χ0) is 60.6. The van der Waals surface area contributed by atoms with Crippen LogP contribution in [0.2, 0.25) is 0 Å². The smallest absolute Gasteiger partial charge is 0.354 e. The van der Waals surface area contributed by atoms with Gasteiger partial charge in [-0.05, 0) is 144 Å². The molecule has 10 rings (SSSR count). The largest absolute Gasteiger partial charge is 0.477 e. The molecule has 2 fully saturated rings. The molecule has 8 heterocycles. The van der Waals surface area contributed by atoms with Gasteiger partial charge in [0.2, 0.25) is 0 Å². The van der Waals surface area contributed by atoms with Gasteiger partial charge in [0.25, 0.3) is 17.7 Å². The molecule has 2 aliphatic heterocycles. The van der Waals surface area contributed by atoms with Crippen LogP contribution in [-0.4, -0.2) is 107 Å². The van der Waals surface area contributed by atoms with Crippen molar-refractivity contribution in [1.82, 2.24) is 55.4 Å². The number of nitrogens with one attached hydrogen (secondary N) is 5. The number of aromatic carboxylic acids is 1. The highest BCUT2D eigenvalue weighted by Crippen LogP contribution is 2.33. The second kappa shape index (κ2) is 31.5. The molecule has 0 bridgehead atoms. The van der Waals surface area contributed by atoms with Gasteiger partial charge in [-0.15, -0.1) is 0 Å². The predicted octanol–water partition coefficient (Wildman–Crippen LogP) is 10.1. The van der Waals surface area contributed by atoms with Gasteiger partial charge in [-0.25, -0.2) is 42.9 Å². The van der Waals surface area contributed by atoms with Gasteiger partial charge in [-0.1, -0.05) is 45.5 Å². The summed E-state index contributed by atoms with van der Waals surface area (Å²) >= 11 is 6.20. The average Bonchev–Trinajstić information content (AvgIpc) is 1.90. The molecule has 8 N–H and O–H groups in total. The Morgan fingerprint density at radius 1 is 0.593 bits per heavy atom. The summed E-state index contributed by atoms with van der Waals surface area (Å²) in [7, 11) is 0. The minimum atomic E-state index is -1.18. The Morgan fingerprint density at radius 2 is 0.988 bits per heavy atom. The van der Waals surface area contributed by atoms with Crippen LogP contribution >= 0.6 is 31.9 Å². The molecule has 25 heteroatoms. The van der Waals surface area contributed by atoms with Crippen molar-refractivity contribution in [3.63, 3.8) is 0 Å². The summed E-state index contributed by atoms with van der Waals surface area (Å²) in [6, 6.07) is 18.8. The third-order valence-corrected chi connectivity index (χ3v) is 15.5. The van der Waals surface area contributed by atoms with E-state index in [1.807, 2.05) is 49.5 Å². The topological polar surface area (TPSA) is 280 Å². The fourth-order valence-electron chi connectivity index (χ4n) is 9.68. The Bertz CT molecular complexity index is 3670. The molecule has 0 aliphatic carbocycles. The number of hydrogen-bond acceptors (Lipinski definition) is 15. The van der Waals surface area contributed by atoms with Crippen molar-refractivity contribution in [2.45, 2.75) is 125 Å². The van der Waals surface area contributed by atoms with E-state index >= 15 is 0 Å². The van der Waals surface area contributed by atoms with Gasteiger partial charge < -0.3 is 46.9 Å². The summed E-state index contributed by atoms with van der Waals surface area (Å²) in [6.07, 6.45) is 8.56. The lowest BCUT2D eigenvalue weighted by molar-refractivity contribution is 0.0689. The van der Waals surface area contributed by atoms with E-state index < -0.39 is 23.7 Å². The van der Waals surface area contributed by atoms with Crippen molar-refractivity contribution in [2.75, 3.05) is 37.1 Å². The molecule has 0 unspecified atom stereocenters. The van der Waals surface area contributed by atoms with Crippen LogP contribution in [0.3, 0.4) is 0 Å². The number of hydrogen-bond donors (Lipinski definition) is 7. The number of amides is 3. The van der Waals surface area contributed by atoms with E-state index in [4.69, 9.17) is 30.3 Å². The van der Waals surface area contributed by atoms with Crippen LogP contribution in [0, 0.1) is 11.6 Å². The number of carboxylic acid groups (broad SMARTS) is 1. The number of benzene rings is 2. The number of halogens is 4. The second-order valence-corrected chi connectivity index (χ2v) is 21.6. The molecule has 2 aromatic carbocycles. The fourth-order valence-corrected chi connectivity index (χ4v) is 10.5. The van der Waals surface area contributed by atoms with Crippen LogP contribution < -0.4 is 32.3 Å². The Balaban J connectivity index is 0.000000213. The molecule has 0 saturated carbocycles. The first kappa shape index (κ1) is 65.7. The van der Waals surface area contributed by atoms with Gasteiger partial charge in [0.15, 0.2) is 11.3 Å². The Morgan fingerprint density at radius 3 is 1.38 bits per heavy atom. The molecule has 8 aromatic rings. The highest BCUT2D eigenvalue weighted by molar-refractivity contribution is 9.10. The number of aryl methyl sites for hydroxylation is 4. The van der Waals surface area contributed by atoms with Crippen LogP contribution in [-0.2, 0) is 61.6 Å². The molecule has 2 saturated heterocycles. The summed E-state index contributed by atoms with van der Waals surface area (Å²) in [4.78, 5) is 68.0. The average molecular weight is 1310 g/mol. The summed E-state index contributed by atoms with van der Waals surface area (Å²) in [5.41, 5.74) is 14.1. The number of nitrogens with two attached hydrogens (primary N) is 1. The van der Waals surface area contributed by atoms with Gasteiger partial charge in [0.1, 0.15) is 34.4 Å². The van der Waals surface area contributed by atoms with E-state index in [0.29, 0.717) is 67.8 Å². The third kappa shape index (κ3) is 16.6. The number of carbonyl (C=O) groups is 4. The molecule has 0 spiro atoms. The van der Waals surface area contributed by atoms with Gasteiger partial charge in [-0.2, -0.15) is 10.2 Å². The number of anilines is 2. The molecule has 3 amide bonds. The summed E-state index contributed by atoms with van der Waals surface area (Å²) in [5.74, 6) is -3.10. The van der Waals surface area contributed by atoms with E-state index in [2.05, 4.69) is 78.6 Å². The van der Waals surface area contributed by atoms with Crippen LogP contribution in [0.15, 0.2) is 94.1 Å². The lowest BCUT2D eigenvalue weighted by Gasteiger charge is -2.26. The molecular weight excluding hydrogens is 1240 g/mol. The Kier molecular flexibility index (Phi) is 24.1. The Hall–Kier alpha value is -7.84. The van der Waals surface area contributed by atoms with Crippen LogP contribution in [0.25, 0.3) is 22.1 Å². The monoisotopic (exact) mass is 1310 g/mol. The molecule has 21 nitrogen and oxygen atoms in total. The molecule has 0 radical (unpaired) electrons. The van der Waals surface area contributed by atoms with Gasteiger partial charge in [0.05, 0.1) is 43.5 Å². The van der Waals surface area contributed by atoms with Crippen molar-refractivity contribution >= 4 is 89.0 Å². The van der Waals surface area contributed by atoms with Gasteiger partial charge >= 0.3 is 5.97 Å². The van der Waals surface area contributed by atoms with E-state index in [-0.39, 0.29) is 73.6 Å². The van der Waals surface area contributed by atoms with Crippen LogP contribution in [0.4, 0.5) is 20.2 Å². The first-order chi connectivity index (χ1) is 41.1. The molecule has 6 aromatic heterocycles. The first-order valence-electron chi connectivity index (χ1n) is 28.2. The lowest BCUT2D eigenvalue weighted by atomic mass is 10.0. The molecular formula is C61H72Br2F2N14O7. The highest BCUT2D eigenvalue weighted by atomic mass is 79.9. The SMILES string of the molecule is C.CCc1nc2c(cnn2CC)c(NC2CCOCC2)c1CNC(=O)c1cccc(C(=O)NCc2ccc(F)c(Br)c2)n1.CCc1nc2c(cnn2CC)c(NC2CCOCC2)c1CNC(=O)c1cccc(C(=O)O)n1.NCc1ccc(F)c(Br)c1. The highest BCUT2D eigenvalue weighted by Gasteiger charge is 2.25. The maximum atomic E-state index is 13.5. The van der Waals surface area contributed by atoms with Gasteiger partial charge in [-0.3, -0.25) is 14.4 Å². The van der Waals surface area contributed by atoms with E-state index in [0.717, 1.165) is 92.8 Å². The standard InChI is InChI=1S/C30H33BrFN7O3.C23H28N6O4.C7H7BrFN.CH4/c1-3-24-20(27(36-19-10-12-42-13-11-19)21-17-35-39(4-2)28(21)38-24)16-34-30(41)26-7-5-6-25(37-26)29(40)33-15-18-8-9-23(32)22(31)14-18;1-3-17-15(12-24-22(30)18-6-5-7-19(27-18)23(31)32)20(26-14-8-10-33-11-9-14)16-13-25-29(4-2)21(16)28-17;8-6-3-5(4-10)1-2-7(6)9;/h5-9,14,17,19H,3-4,10-13,15-16H2,1-2H3,(H,33,40)(H,34,41)(H,36,38);5-7,13-14H,3-4,8-12H2,1-2H3,(H,24,30)(H,26,28)(H,31,32);1-3H,4,10H2;1H4. The fraction of sp³-hybridized carbons (Fsp3) is 0.377. The summed E-state index contributed by atoms with van der Waals surface area (Å²) in [5, 5.41) is 36.0. The normalized spacial score (nSPS) is 13.4. The van der Waals surface area contributed by atoms with Crippen molar-refractivity contribution in [2.24, 2.45) is 5.73 Å². The first-order valence-corrected chi connectivity index (χ1v) is 29.7. The molecule has 456 valence electrons. The maximum Gasteiger partial charge on any atom is 0.354 e. The molecule has 0 atom stereocenters. The predicted molar refractivity (Wildman–Crippen MR) is 332 cm³/mol. The van der Waals surface area contributed by atoms with E-state index in [1.54, 1.807) is 42.5 Å². The maximum absolute atomic E-state index is 13.5. The Labute approximate surface area is 514 Å². The number of carbonyl (C=O) groups excluding carboxylic acids is 3. The third-order valence-electron chi connectivity index (χ3n) is 14.3. The van der Waals surface area contributed by atoms with Gasteiger partial charge in [0, 0.05) is 100 Å². The number of ether oxygens (including phenoxy) is 2. The number of carboxylic acids is 1. The molecule has 2 aliphatic rings. The zero-order valence-electron chi connectivity index (χ0n) is 47.6. The number of fused-ring (bicyclic) bond motifs is 2. The van der Waals surface area contributed by atoms with E-state index in [1.165, 1.54) is 30.3 Å². The molecule has 86 heavy (non-hydrogen) atoms. The second-order valence-electron chi connectivity index (χ2n) is 19.9. The quantitative estimate of drug-likeness (QED) is 0.0396. The van der Waals surface area contributed by atoms with Crippen molar-refractivity contribution in [1.29, 1.82) is 0 Å². The number of nitrogens with zero attached hydrogens (tertiary/aromatic N) is 8. The van der Waals surface area contributed by atoms with Crippen LogP contribution in [0.1, 0.15) is 136 Å². The summed E-state index contributed by atoms with van der Waals surface area (Å²) in [6.45, 7) is 13.4. The minimum Gasteiger partial charge on any atom is -0.477 e. The number of rotatable bonds is 19. The van der Waals surface area contributed by atoms with E-state index in [9.17, 15) is 28.0 Å². The minimum absolute atomic E-state index is 0. The summed E-state index contributed by atoms with van der Waals surface area (Å²) < 4.78 is 41.6. The van der Waals surface area contributed by atoms with Crippen molar-refractivity contribution < 1.29 is 42.5 Å². The lowest BCUT2D eigenvalue weighted by Crippen LogP contribution is -2.30. The van der Waals surface area contributed by atoms with Crippen molar-refractivity contribution in [3.8, 4) is 0 Å². The number of aromatic nitrogens is 8. The van der Waals surface area contributed by atoms with Crippen LogP contribution in [0.5, 0.6) is 0 Å². The zero-order valence-corrected chi connectivity index (χ0v) is 50.8.